The van der Waals surface area contributed by atoms with Gasteiger partial charge in [0, 0.05) is 18.2 Å². The molecule has 0 amide bonds. The number of benzene rings is 1. The van der Waals surface area contributed by atoms with Gasteiger partial charge in [0.15, 0.2) is 0 Å². The van der Waals surface area contributed by atoms with Gasteiger partial charge in [0.2, 0.25) is 0 Å². The van der Waals surface area contributed by atoms with Crippen LogP contribution in [0.3, 0.4) is 0 Å². The van der Waals surface area contributed by atoms with Gasteiger partial charge < -0.3 is 5.32 Å². The van der Waals surface area contributed by atoms with Crippen LogP contribution < -0.4 is 5.32 Å². The second-order valence-electron chi connectivity index (χ2n) is 5.78. The van der Waals surface area contributed by atoms with Gasteiger partial charge in [-0.25, -0.2) is 8.78 Å². The molecule has 0 bridgehead atoms. The first-order valence-corrected chi connectivity index (χ1v) is 7.14. The molecule has 1 fully saturated rings. The van der Waals surface area contributed by atoms with E-state index in [0.717, 1.165) is 25.0 Å². The predicted octanol–water partition coefficient (Wildman–Crippen LogP) is 3.75. The van der Waals surface area contributed by atoms with Gasteiger partial charge in [-0.15, -0.1) is 0 Å². The van der Waals surface area contributed by atoms with E-state index in [2.05, 4.69) is 19.2 Å². The number of nitrogens with zero attached hydrogens (tertiary/aromatic N) is 1. The Bertz CT molecular complexity index is 499. The Morgan fingerprint density at radius 1 is 1.25 bits per heavy atom. The smallest absolute Gasteiger partial charge is 0.131 e. The minimum atomic E-state index is -0.648. The van der Waals surface area contributed by atoms with Crippen molar-refractivity contribution < 1.29 is 8.78 Å². The van der Waals surface area contributed by atoms with E-state index in [9.17, 15) is 8.78 Å². The number of nitrogens with one attached hydrogen (secondary N) is 1. The van der Waals surface area contributed by atoms with Crippen molar-refractivity contribution in [2.75, 3.05) is 0 Å². The second kappa shape index (κ2) is 6.32. The third-order valence-corrected chi connectivity index (χ3v) is 4.52. The number of hydrogen-bond donors (Lipinski definition) is 1. The molecule has 4 heteroatoms. The molecule has 108 valence electrons. The van der Waals surface area contributed by atoms with Crippen molar-refractivity contribution in [3.8, 4) is 6.07 Å². The lowest BCUT2D eigenvalue weighted by Crippen LogP contribution is -2.40. The molecule has 1 aliphatic rings. The largest absolute Gasteiger partial charge is 0.309 e. The molecule has 0 spiro atoms. The molecule has 1 N–H and O–H groups in total. The van der Waals surface area contributed by atoms with Crippen molar-refractivity contribution in [1.82, 2.24) is 5.32 Å². The van der Waals surface area contributed by atoms with Crippen molar-refractivity contribution in [3.63, 3.8) is 0 Å². The summed E-state index contributed by atoms with van der Waals surface area (Å²) in [7, 11) is 0. The maximum atomic E-state index is 13.8. The van der Waals surface area contributed by atoms with Crippen LogP contribution in [-0.2, 0) is 6.54 Å². The lowest BCUT2D eigenvalue weighted by atomic mass is 9.78. The Balaban J connectivity index is 2.06. The molecule has 0 heterocycles. The van der Waals surface area contributed by atoms with Crippen LogP contribution >= 0.6 is 0 Å². The van der Waals surface area contributed by atoms with E-state index in [-0.39, 0.29) is 17.7 Å². The van der Waals surface area contributed by atoms with Crippen LogP contribution in [0.5, 0.6) is 0 Å². The van der Waals surface area contributed by atoms with Crippen LogP contribution in [0.4, 0.5) is 8.78 Å². The predicted molar refractivity (Wildman–Crippen MR) is 73.9 cm³/mol. The number of rotatable bonds is 3. The third-order valence-electron chi connectivity index (χ3n) is 4.52. The molecule has 20 heavy (non-hydrogen) atoms. The van der Waals surface area contributed by atoms with Gasteiger partial charge in [-0.1, -0.05) is 26.7 Å². The van der Waals surface area contributed by atoms with Crippen molar-refractivity contribution in [1.29, 1.82) is 5.26 Å². The highest BCUT2D eigenvalue weighted by Gasteiger charge is 2.27. The maximum Gasteiger partial charge on any atom is 0.131 e. The molecule has 0 aliphatic heterocycles. The highest BCUT2D eigenvalue weighted by atomic mass is 19.1. The van der Waals surface area contributed by atoms with E-state index in [1.54, 1.807) is 6.07 Å². The summed E-state index contributed by atoms with van der Waals surface area (Å²) in [5.74, 6) is -0.152. The normalized spacial score (nSPS) is 26.2. The third kappa shape index (κ3) is 3.16. The SMILES string of the molecule is CC1CCCC(NCc2c(F)cc(C#N)cc2F)C1C. The van der Waals surface area contributed by atoms with Gasteiger partial charge in [0.25, 0.3) is 0 Å². The Labute approximate surface area is 118 Å². The Morgan fingerprint density at radius 3 is 2.50 bits per heavy atom. The van der Waals surface area contributed by atoms with E-state index < -0.39 is 11.6 Å². The maximum absolute atomic E-state index is 13.8. The Morgan fingerprint density at radius 2 is 1.90 bits per heavy atom. The van der Waals surface area contributed by atoms with Gasteiger partial charge in [0.05, 0.1) is 11.6 Å². The van der Waals surface area contributed by atoms with Crippen molar-refractivity contribution in [2.24, 2.45) is 11.8 Å². The van der Waals surface area contributed by atoms with E-state index in [4.69, 9.17) is 5.26 Å². The molecule has 0 radical (unpaired) electrons. The summed E-state index contributed by atoms with van der Waals surface area (Å²) >= 11 is 0. The molecule has 1 saturated carbocycles. The quantitative estimate of drug-likeness (QED) is 0.914. The van der Waals surface area contributed by atoms with Gasteiger partial charge >= 0.3 is 0 Å². The van der Waals surface area contributed by atoms with Gasteiger partial charge in [0.1, 0.15) is 11.6 Å². The highest BCUT2D eigenvalue weighted by molar-refractivity contribution is 5.34. The molecular formula is C16H20F2N2. The van der Waals surface area contributed by atoms with E-state index >= 15 is 0 Å². The minimum absolute atomic E-state index is 0.0170. The fraction of sp³-hybridized carbons (Fsp3) is 0.562. The van der Waals surface area contributed by atoms with Crippen LogP contribution in [0.25, 0.3) is 0 Å². The molecule has 3 unspecified atom stereocenters. The van der Waals surface area contributed by atoms with Crippen molar-refractivity contribution in [3.05, 3.63) is 34.9 Å². The fourth-order valence-corrected chi connectivity index (χ4v) is 2.94. The molecule has 3 atom stereocenters. The number of nitriles is 1. The minimum Gasteiger partial charge on any atom is -0.309 e. The fourth-order valence-electron chi connectivity index (χ4n) is 2.94. The highest BCUT2D eigenvalue weighted by Crippen LogP contribution is 2.29. The summed E-state index contributed by atoms with van der Waals surface area (Å²) in [6.45, 7) is 4.58. The lowest BCUT2D eigenvalue weighted by Gasteiger charge is -2.34. The Kier molecular flexibility index (Phi) is 4.72. The average Bonchev–Trinajstić information content (AvgIpc) is 2.42. The van der Waals surface area contributed by atoms with Gasteiger partial charge in [-0.05, 0) is 30.4 Å². The van der Waals surface area contributed by atoms with Crippen LogP contribution in [-0.4, -0.2) is 6.04 Å². The first kappa shape index (κ1) is 14.9. The first-order chi connectivity index (χ1) is 9.52. The first-order valence-electron chi connectivity index (χ1n) is 7.14. The topological polar surface area (TPSA) is 35.8 Å². The number of halogens is 2. The lowest BCUT2D eigenvalue weighted by molar-refractivity contribution is 0.205. The molecule has 2 nitrogen and oxygen atoms in total. The molecule has 1 aromatic carbocycles. The van der Waals surface area contributed by atoms with Crippen LogP contribution in [0.2, 0.25) is 0 Å². The molecular weight excluding hydrogens is 258 g/mol. The van der Waals surface area contributed by atoms with Crippen LogP contribution in [0, 0.1) is 34.8 Å². The number of hydrogen-bond acceptors (Lipinski definition) is 2. The standard InChI is InChI=1S/C16H20F2N2/c1-10-4-3-5-16(11(10)2)20-9-13-14(17)6-12(8-19)7-15(13)18/h6-7,10-11,16,20H,3-5,9H2,1-2H3. The molecule has 0 aromatic heterocycles. The van der Waals surface area contributed by atoms with E-state index in [0.29, 0.717) is 17.9 Å². The summed E-state index contributed by atoms with van der Waals surface area (Å²) < 4.78 is 27.6. The molecule has 1 aliphatic carbocycles. The molecule has 2 rings (SSSR count). The summed E-state index contributed by atoms with van der Waals surface area (Å²) in [6.07, 6.45) is 3.42. The Hall–Kier alpha value is -1.47. The zero-order chi connectivity index (χ0) is 14.7. The van der Waals surface area contributed by atoms with Crippen LogP contribution in [0.1, 0.15) is 44.2 Å². The van der Waals surface area contributed by atoms with Crippen LogP contribution in [0.15, 0.2) is 12.1 Å². The van der Waals surface area contributed by atoms with Gasteiger partial charge in [-0.3, -0.25) is 0 Å². The molecule has 0 saturated heterocycles. The van der Waals surface area contributed by atoms with Crippen molar-refractivity contribution in [2.45, 2.75) is 45.7 Å². The van der Waals surface area contributed by atoms with Crippen molar-refractivity contribution >= 4 is 0 Å². The summed E-state index contributed by atoms with van der Waals surface area (Å²) in [4.78, 5) is 0. The summed E-state index contributed by atoms with van der Waals surface area (Å²) in [6, 6.07) is 4.23. The van der Waals surface area contributed by atoms with E-state index in [1.165, 1.54) is 6.42 Å². The monoisotopic (exact) mass is 278 g/mol. The molecule has 1 aromatic rings. The average molecular weight is 278 g/mol. The summed E-state index contributed by atoms with van der Waals surface area (Å²) in [5, 5.41) is 12.0. The van der Waals surface area contributed by atoms with E-state index in [1.807, 2.05) is 0 Å². The summed E-state index contributed by atoms with van der Waals surface area (Å²) in [5.41, 5.74) is 0.0397. The van der Waals surface area contributed by atoms with Gasteiger partial charge in [-0.2, -0.15) is 5.26 Å². The zero-order valence-corrected chi connectivity index (χ0v) is 11.9. The second-order valence-corrected chi connectivity index (χ2v) is 5.78. The zero-order valence-electron chi connectivity index (χ0n) is 11.9.